The van der Waals surface area contributed by atoms with Gasteiger partial charge in [-0.15, -0.1) is 0 Å². The molecule has 3 heterocycles. The largest absolute Gasteiger partial charge is 0.490 e. The zero-order chi connectivity index (χ0) is 17.1. The molecule has 1 atom stereocenters. The number of imidazole rings is 1. The maximum Gasteiger partial charge on any atom is 0.220 e. The number of carbonyl (C=O) groups excluding carboxylic acids is 1. The molecular formula is C19H23N3O3. The molecule has 4 rings (SSSR count). The Balaban J connectivity index is 1.30. The first-order chi connectivity index (χ1) is 12.3. The van der Waals surface area contributed by atoms with Crippen LogP contribution in [0.2, 0.25) is 0 Å². The van der Waals surface area contributed by atoms with Gasteiger partial charge >= 0.3 is 0 Å². The SMILES string of the molecule is O=C(CCc1ccc2c(c1)OCCCO2)N[C@@H]1CCc2nccn2C1. The molecule has 2 aromatic rings. The van der Waals surface area contributed by atoms with Crippen molar-refractivity contribution in [3.63, 3.8) is 0 Å². The first-order valence-corrected chi connectivity index (χ1v) is 8.96. The second-order valence-corrected chi connectivity index (χ2v) is 6.63. The highest BCUT2D eigenvalue weighted by molar-refractivity contribution is 5.76. The number of rotatable bonds is 4. The Bertz CT molecular complexity index is 756. The first-order valence-electron chi connectivity index (χ1n) is 8.96. The van der Waals surface area contributed by atoms with Crippen LogP contribution in [0.25, 0.3) is 0 Å². The zero-order valence-electron chi connectivity index (χ0n) is 14.2. The third-order valence-electron chi connectivity index (χ3n) is 4.75. The number of nitrogens with zero attached hydrogens (tertiary/aromatic N) is 2. The van der Waals surface area contributed by atoms with Gasteiger partial charge in [0, 0.05) is 44.2 Å². The molecule has 25 heavy (non-hydrogen) atoms. The average molecular weight is 341 g/mol. The van der Waals surface area contributed by atoms with Crippen molar-refractivity contribution in [2.75, 3.05) is 13.2 Å². The maximum absolute atomic E-state index is 12.3. The second kappa shape index (κ2) is 7.17. The third kappa shape index (κ3) is 3.78. The number of aromatic nitrogens is 2. The molecular weight excluding hydrogens is 318 g/mol. The van der Waals surface area contributed by atoms with Crippen LogP contribution in [0.5, 0.6) is 11.5 Å². The number of nitrogens with one attached hydrogen (secondary N) is 1. The standard InChI is InChI=1S/C19H23N3O3/c23-19(21-15-4-6-18-20-8-9-22(18)13-15)7-3-14-2-5-16-17(12-14)25-11-1-10-24-16/h2,5,8-9,12,15H,1,3-4,6-7,10-11,13H2,(H,21,23)/t15-/m1/s1. The van der Waals surface area contributed by atoms with E-state index in [1.54, 1.807) is 0 Å². The van der Waals surface area contributed by atoms with Crippen LogP contribution in [0.1, 0.15) is 30.7 Å². The van der Waals surface area contributed by atoms with Gasteiger partial charge in [0.2, 0.25) is 5.91 Å². The summed E-state index contributed by atoms with van der Waals surface area (Å²) in [5.41, 5.74) is 1.10. The molecule has 0 saturated heterocycles. The fraction of sp³-hybridized carbons (Fsp3) is 0.474. The van der Waals surface area contributed by atoms with Gasteiger partial charge in [0.15, 0.2) is 11.5 Å². The van der Waals surface area contributed by atoms with E-state index in [1.807, 2.05) is 30.6 Å². The van der Waals surface area contributed by atoms with Crippen molar-refractivity contribution in [2.45, 2.75) is 44.7 Å². The van der Waals surface area contributed by atoms with Crippen LogP contribution < -0.4 is 14.8 Å². The lowest BCUT2D eigenvalue weighted by molar-refractivity contribution is -0.122. The van der Waals surface area contributed by atoms with Crippen molar-refractivity contribution in [3.8, 4) is 11.5 Å². The summed E-state index contributed by atoms with van der Waals surface area (Å²) in [5.74, 6) is 2.79. The summed E-state index contributed by atoms with van der Waals surface area (Å²) in [5, 5.41) is 3.15. The van der Waals surface area contributed by atoms with Gasteiger partial charge in [-0.1, -0.05) is 6.07 Å². The molecule has 1 N–H and O–H groups in total. The average Bonchev–Trinajstić information content (AvgIpc) is 2.96. The van der Waals surface area contributed by atoms with Gasteiger partial charge in [-0.25, -0.2) is 4.98 Å². The number of fused-ring (bicyclic) bond motifs is 2. The number of benzene rings is 1. The number of hydrogen-bond donors (Lipinski definition) is 1. The Morgan fingerprint density at radius 2 is 2.16 bits per heavy atom. The van der Waals surface area contributed by atoms with Crippen molar-refractivity contribution in [1.29, 1.82) is 0 Å². The predicted molar refractivity (Wildman–Crippen MR) is 92.8 cm³/mol. The predicted octanol–water partition coefficient (Wildman–Crippen LogP) is 2.11. The van der Waals surface area contributed by atoms with Gasteiger partial charge in [-0.2, -0.15) is 0 Å². The lowest BCUT2D eigenvalue weighted by atomic mass is 10.1. The van der Waals surface area contributed by atoms with Crippen molar-refractivity contribution in [3.05, 3.63) is 42.0 Å². The normalized spacial score (nSPS) is 19.0. The third-order valence-corrected chi connectivity index (χ3v) is 4.75. The maximum atomic E-state index is 12.3. The van der Waals surface area contributed by atoms with Crippen LogP contribution in [0.4, 0.5) is 0 Å². The van der Waals surface area contributed by atoms with E-state index < -0.39 is 0 Å². The van der Waals surface area contributed by atoms with Gasteiger partial charge in [-0.3, -0.25) is 4.79 Å². The fourth-order valence-corrected chi connectivity index (χ4v) is 3.41. The van der Waals surface area contributed by atoms with Crippen molar-refractivity contribution in [1.82, 2.24) is 14.9 Å². The Labute approximate surface area is 147 Å². The van der Waals surface area contributed by atoms with E-state index in [0.717, 1.165) is 48.7 Å². The molecule has 0 spiro atoms. The minimum Gasteiger partial charge on any atom is -0.490 e. The molecule has 0 saturated carbocycles. The van der Waals surface area contributed by atoms with E-state index in [2.05, 4.69) is 14.9 Å². The minimum atomic E-state index is 0.0978. The molecule has 0 unspecified atom stereocenters. The van der Waals surface area contributed by atoms with Crippen LogP contribution in [0.3, 0.4) is 0 Å². The van der Waals surface area contributed by atoms with E-state index in [1.165, 1.54) is 0 Å². The van der Waals surface area contributed by atoms with Gasteiger partial charge < -0.3 is 19.4 Å². The fourth-order valence-electron chi connectivity index (χ4n) is 3.41. The summed E-state index contributed by atoms with van der Waals surface area (Å²) in [6.07, 6.45) is 7.74. The Morgan fingerprint density at radius 3 is 3.08 bits per heavy atom. The summed E-state index contributed by atoms with van der Waals surface area (Å²) < 4.78 is 13.5. The summed E-state index contributed by atoms with van der Waals surface area (Å²) in [6, 6.07) is 6.14. The minimum absolute atomic E-state index is 0.0978. The molecule has 6 heteroatoms. The number of amides is 1. The van der Waals surface area contributed by atoms with Crippen LogP contribution in [-0.2, 0) is 24.2 Å². The molecule has 0 aliphatic carbocycles. The Kier molecular flexibility index (Phi) is 4.59. The van der Waals surface area contributed by atoms with Gasteiger partial charge in [0.05, 0.1) is 13.2 Å². The van der Waals surface area contributed by atoms with Crippen LogP contribution in [0, 0.1) is 0 Å². The first kappa shape index (κ1) is 16.0. The number of aryl methyl sites for hydroxylation is 2. The molecule has 132 valence electrons. The molecule has 1 aromatic heterocycles. The van der Waals surface area contributed by atoms with E-state index in [9.17, 15) is 4.79 Å². The van der Waals surface area contributed by atoms with Gasteiger partial charge in [0.1, 0.15) is 5.82 Å². The smallest absolute Gasteiger partial charge is 0.220 e. The molecule has 2 aliphatic heterocycles. The second-order valence-electron chi connectivity index (χ2n) is 6.63. The molecule has 1 amide bonds. The lowest BCUT2D eigenvalue weighted by Crippen LogP contribution is -2.40. The van der Waals surface area contributed by atoms with Gasteiger partial charge in [-0.05, 0) is 30.5 Å². The molecule has 1 aromatic carbocycles. The summed E-state index contributed by atoms with van der Waals surface area (Å²) in [7, 11) is 0. The molecule has 6 nitrogen and oxygen atoms in total. The summed E-state index contributed by atoms with van der Waals surface area (Å²) in [4.78, 5) is 16.6. The number of ether oxygens (including phenoxy) is 2. The van der Waals surface area contributed by atoms with E-state index >= 15 is 0 Å². The molecule has 2 aliphatic rings. The van der Waals surface area contributed by atoms with Crippen molar-refractivity contribution in [2.24, 2.45) is 0 Å². The highest BCUT2D eigenvalue weighted by Gasteiger charge is 2.20. The van der Waals surface area contributed by atoms with Gasteiger partial charge in [0.25, 0.3) is 0 Å². The van der Waals surface area contributed by atoms with Crippen LogP contribution in [0.15, 0.2) is 30.6 Å². The molecule has 0 fully saturated rings. The highest BCUT2D eigenvalue weighted by atomic mass is 16.5. The highest BCUT2D eigenvalue weighted by Crippen LogP contribution is 2.30. The summed E-state index contributed by atoms with van der Waals surface area (Å²) >= 11 is 0. The summed E-state index contributed by atoms with van der Waals surface area (Å²) in [6.45, 7) is 2.18. The topological polar surface area (TPSA) is 65.4 Å². The van der Waals surface area contributed by atoms with E-state index in [0.29, 0.717) is 26.1 Å². The quantitative estimate of drug-likeness (QED) is 0.925. The van der Waals surface area contributed by atoms with Crippen LogP contribution >= 0.6 is 0 Å². The van der Waals surface area contributed by atoms with E-state index in [4.69, 9.17) is 9.47 Å². The Hall–Kier alpha value is -2.50. The van der Waals surface area contributed by atoms with Crippen molar-refractivity contribution < 1.29 is 14.3 Å². The number of carbonyl (C=O) groups is 1. The number of hydrogen-bond acceptors (Lipinski definition) is 4. The monoisotopic (exact) mass is 341 g/mol. The van der Waals surface area contributed by atoms with Crippen molar-refractivity contribution >= 4 is 5.91 Å². The zero-order valence-corrected chi connectivity index (χ0v) is 14.2. The van der Waals surface area contributed by atoms with Crippen LogP contribution in [-0.4, -0.2) is 34.7 Å². The van der Waals surface area contributed by atoms with E-state index in [-0.39, 0.29) is 11.9 Å². The Morgan fingerprint density at radius 1 is 1.28 bits per heavy atom. The molecule has 0 bridgehead atoms. The lowest BCUT2D eigenvalue weighted by Gasteiger charge is -2.24. The molecule has 0 radical (unpaired) electrons.